The third-order valence-electron chi connectivity index (χ3n) is 4.04. The summed E-state index contributed by atoms with van der Waals surface area (Å²) in [4.78, 5) is 14.3. The van der Waals surface area contributed by atoms with Crippen LogP contribution in [0, 0.1) is 6.92 Å². The average Bonchev–Trinajstić information content (AvgIpc) is 2.79. The maximum absolute atomic E-state index is 12.6. The Morgan fingerprint density at radius 1 is 1.45 bits per heavy atom. The third-order valence-corrected chi connectivity index (χ3v) is 5.79. The number of hydrogen-bond acceptors (Lipinski definition) is 4. The van der Waals surface area contributed by atoms with E-state index in [1.165, 1.54) is 0 Å². The summed E-state index contributed by atoms with van der Waals surface area (Å²) < 4.78 is 23.3. The molecule has 5 nitrogen and oxygen atoms in total. The first kappa shape index (κ1) is 16.8. The van der Waals surface area contributed by atoms with Gasteiger partial charge in [0.05, 0.1) is 11.5 Å². The number of likely N-dealkylation sites (N-methyl/N-ethyl adjacent to an activating group) is 1. The summed E-state index contributed by atoms with van der Waals surface area (Å²) in [6, 6.07) is 7.28. The second-order valence-corrected chi connectivity index (χ2v) is 8.15. The molecule has 0 spiro atoms. The number of rotatable bonds is 5. The summed E-state index contributed by atoms with van der Waals surface area (Å²) in [5, 5.41) is 3.20. The van der Waals surface area contributed by atoms with Crippen molar-refractivity contribution < 1.29 is 13.2 Å². The number of amides is 1. The second-order valence-electron chi connectivity index (χ2n) is 5.92. The normalized spacial score (nSPS) is 21.3. The van der Waals surface area contributed by atoms with Gasteiger partial charge >= 0.3 is 0 Å². The number of nitrogens with zero attached hydrogens (tertiary/aromatic N) is 1. The van der Waals surface area contributed by atoms with Crippen LogP contribution in [0.25, 0.3) is 0 Å². The minimum Gasteiger partial charge on any atom is -0.374 e. The highest BCUT2D eigenvalue weighted by atomic mass is 32.2. The Morgan fingerprint density at radius 2 is 2.18 bits per heavy atom. The van der Waals surface area contributed by atoms with E-state index in [-0.39, 0.29) is 29.5 Å². The number of nitrogens with one attached hydrogen (secondary N) is 1. The van der Waals surface area contributed by atoms with Crippen LogP contribution in [-0.4, -0.2) is 49.4 Å². The summed E-state index contributed by atoms with van der Waals surface area (Å²) in [7, 11) is -2.99. The van der Waals surface area contributed by atoms with Gasteiger partial charge in [-0.25, -0.2) is 8.42 Å². The zero-order valence-electron chi connectivity index (χ0n) is 13.4. The highest BCUT2D eigenvalue weighted by Gasteiger charge is 2.35. The molecule has 0 bridgehead atoms. The molecule has 0 aromatic heterocycles. The predicted molar refractivity (Wildman–Crippen MR) is 88.7 cm³/mol. The smallest absolute Gasteiger partial charge is 0.245 e. The fraction of sp³-hybridized carbons (Fsp3) is 0.562. The van der Waals surface area contributed by atoms with Crippen LogP contribution in [0.3, 0.4) is 0 Å². The molecular formula is C16H24N2O3S. The Kier molecular flexibility index (Phi) is 5.11. The summed E-state index contributed by atoms with van der Waals surface area (Å²) in [5.74, 6) is 0.219. The standard InChI is InChI=1S/C16H24N2O3S/c1-4-18(15-8-9-22(20,21)11-15)16(19)13(3)17-14-7-5-6-12(2)10-14/h5-7,10,13,15,17H,4,8-9,11H2,1-3H3. The van der Waals surface area contributed by atoms with E-state index in [0.717, 1.165) is 11.3 Å². The maximum Gasteiger partial charge on any atom is 0.245 e. The molecule has 6 heteroatoms. The van der Waals surface area contributed by atoms with Gasteiger partial charge in [-0.3, -0.25) is 4.79 Å². The van der Waals surface area contributed by atoms with E-state index in [2.05, 4.69) is 5.32 Å². The van der Waals surface area contributed by atoms with Gasteiger partial charge in [0.15, 0.2) is 9.84 Å². The molecule has 1 amide bonds. The molecule has 1 aliphatic heterocycles. The van der Waals surface area contributed by atoms with E-state index in [1.54, 1.807) is 4.90 Å². The first-order chi connectivity index (χ1) is 10.3. The molecule has 122 valence electrons. The predicted octanol–water partition coefficient (Wildman–Crippen LogP) is 1.83. The molecule has 2 unspecified atom stereocenters. The highest BCUT2D eigenvalue weighted by molar-refractivity contribution is 7.91. The van der Waals surface area contributed by atoms with Gasteiger partial charge < -0.3 is 10.2 Å². The minimum absolute atomic E-state index is 0.0499. The fourth-order valence-corrected chi connectivity index (χ4v) is 4.64. The van der Waals surface area contributed by atoms with E-state index in [9.17, 15) is 13.2 Å². The number of benzene rings is 1. The van der Waals surface area contributed by atoms with Gasteiger partial charge in [-0.05, 0) is 44.9 Å². The second kappa shape index (κ2) is 6.69. The molecule has 0 saturated carbocycles. The van der Waals surface area contributed by atoms with Gasteiger partial charge in [0.1, 0.15) is 6.04 Å². The van der Waals surface area contributed by atoms with Crippen molar-refractivity contribution >= 4 is 21.4 Å². The van der Waals surface area contributed by atoms with Crippen LogP contribution >= 0.6 is 0 Å². The first-order valence-electron chi connectivity index (χ1n) is 7.66. The van der Waals surface area contributed by atoms with Crippen LogP contribution < -0.4 is 5.32 Å². The lowest BCUT2D eigenvalue weighted by molar-refractivity contribution is -0.133. The van der Waals surface area contributed by atoms with Gasteiger partial charge in [0.25, 0.3) is 0 Å². The Balaban J connectivity index is 2.05. The number of hydrogen-bond donors (Lipinski definition) is 1. The number of aryl methyl sites for hydroxylation is 1. The van der Waals surface area contributed by atoms with Crippen LogP contribution in [-0.2, 0) is 14.6 Å². The Morgan fingerprint density at radius 3 is 2.73 bits per heavy atom. The van der Waals surface area contributed by atoms with Crippen molar-refractivity contribution in [2.24, 2.45) is 0 Å². The van der Waals surface area contributed by atoms with E-state index in [0.29, 0.717) is 13.0 Å². The summed E-state index contributed by atoms with van der Waals surface area (Å²) in [5.41, 5.74) is 2.02. The quantitative estimate of drug-likeness (QED) is 0.897. The van der Waals surface area contributed by atoms with Crippen LogP contribution in [0.4, 0.5) is 5.69 Å². The molecule has 0 aliphatic carbocycles. The largest absolute Gasteiger partial charge is 0.374 e. The molecule has 1 aliphatic rings. The van der Waals surface area contributed by atoms with E-state index >= 15 is 0 Å². The first-order valence-corrected chi connectivity index (χ1v) is 9.48. The molecule has 2 atom stereocenters. The maximum atomic E-state index is 12.6. The van der Waals surface area contributed by atoms with E-state index < -0.39 is 9.84 Å². The minimum atomic E-state index is -2.99. The lowest BCUT2D eigenvalue weighted by Crippen LogP contribution is -2.47. The van der Waals surface area contributed by atoms with Crippen molar-refractivity contribution in [2.45, 2.75) is 39.3 Å². The molecule has 1 aromatic rings. The number of carbonyl (C=O) groups is 1. The van der Waals surface area contributed by atoms with Crippen molar-refractivity contribution in [3.8, 4) is 0 Å². The SMILES string of the molecule is CCN(C(=O)C(C)Nc1cccc(C)c1)C1CCS(=O)(=O)C1. The van der Waals surface area contributed by atoms with Gasteiger partial charge in [-0.1, -0.05) is 12.1 Å². The van der Waals surface area contributed by atoms with Crippen LogP contribution in [0.2, 0.25) is 0 Å². The average molecular weight is 324 g/mol. The van der Waals surface area contributed by atoms with Gasteiger partial charge in [0, 0.05) is 18.3 Å². The van der Waals surface area contributed by atoms with Gasteiger partial charge in [-0.15, -0.1) is 0 Å². The number of carbonyl (C=O) groups excluding carboxylic acids is 1. The molecule has 2 rings (SSSR count). The van der Waals surface area contributed by atoms with Gasteiger partial charge in [-0.2, -0.15) is 0 Å². The Hall–Kier alpha value is -1.56. The molecule has 0 radical (unpaired) electrons. The van der Waals surface area contributed by atoms with E-state index in [1.807, 2.05) is 45.0 Å². The summed E-state index contributed by atoms with van der Waals surface area (Å²) in [6.07, 6.45) is 0.541. The van der Waals surface area contributed by atoms with Crippen molar-refractivity contribution in [2.75, 3.05) is 23.4 Å². The third kappa shape index (κ3) is 4.00. The molecule has 1 heterocycles. The molecule has 1 fully saturated rings. The van der Waals surface area contributed by atoms with Crippen molar-refractivity contribution in [3.05, 3.63) is 29.8 Å². The molecular weight excluding hydrogens is 300 g/mol. The number of sulfone groups is 1. The fourth-order valence-electron chi connectivity index (χ4n) is 2.91. The van der Waals surface area contributed by atoms with Crippen molar-refractivity contribution in [1.29, 1.82) is 0 Å². The molecule has 1 N–H and O–H groups in total. The number of anilines is 1. The zero-order chi connectivity index (χ0) is 16.3. The van der Waals surface area contributed by atoms with Crippen molar-refractivity contribution in [1.82, 2.24) is 4.90 Å². The molecule has 1 aromatic carbocycles. The van der Waals surface area contributed by atoms with E-state index in [4.69, 9.17) is 0 Å². The van der Waals surface area contributed by atoms with Crippen LogP contribution in [0.5, 0.6) is 0 Å². The summed E-state index contributed by atoms with van der Waals surface area (Å²) in [6.45, 7) is 6.23. The van der Waals surface area contributed by atoms with Crippen molar-refractivity contribution in [3.63, 3.8) is 0 Å². The highest BCUT2D eigenvalue weighted by Crippen LogP contribution is 2.19. The Bertz CT molecular complexity index is 643. The lowest BCUT2D eigenvalue weighted by atomic mass is 10.1. The topological polar surface area (TPSA) is 66.5 Å². The van der Waals surface area contributed by atoms with Crippen LogP contribution in [0.1, 0.15) is 25.8 Å². The molecule has 22 heavy (non-hydrogen) atoms. The van der Waals surface area contributed by atoms with Gasteiger partial charge in [0.2, 0.25) is 5.91 Å². The lowest BCUT2D eigenvalue weighted by Gasteiger charge is -2.30. The monoisotopic (exact) mass is 324 g/mol. The zero-order valence-corrected chi connectivity index (χ0v) is 14.2. The Labute approximate surface area is 132 Å². The summed E-state index contributed by atoms with van der Waals surface area (Å²) >= 11 is 0. The van der Waals surface area contributed by atoms with Crippen LogP contribution in [0.15, 0.2) is 24.3 Å². The molecule has 1 saturated heterocycles.